The van der Waals surface area contributed by atoms with E-state index >= 15 is 0 Å². The van der Waals surface area contributed by atoms with E-state index < -0.39 is 0 Å². The molecule has 0 radical (unpaired) electrons. The first-order valence-electron chi connectivity index (χ1n) is 6.93. The summed E-state index contributed by atoms with van der Waals surface area (Å²) in [7, 11) is 3.12. The van der Waals surface area contributed by atoms with Gasteiger partial charge in [0, 0.05) is 17.0 Å². The molecule has 0 saturated carbocycles. The first kappa shape index (κ1) is 15.4. The number of hydrogen-bond donors (Lipinski definition) is 2. The molecule has 3 aromatic rings. The molecule has 0 aliphatic heterocycles. The third-order valence-electron chi connectivity index (χ3n) is 3.52. The highest BCUT2D eigenvalue weighted by molar-refractivity contribution is 9.10. The van der Waals surface area contributed by atoms with Gasteiger partial charge in [-0.2, -0.15) is 0 Å². The van der Waals surface area contributed by atoms with Crippen molar-refractivity contribution in [1.82, 2.24) is 4.98 Å². The number of para-hydroxylation sites is 1. The second-order valence-corrected chi connectivity index (χ2v) is 5.67. The van der Waals surface area contributed by atoms with Gasteiger partial charge < -0.3 is 19.8 Å². The van der Waals surface area contributed by atoms with Gasteiger partial charge in [0.2, 0.25) is 0 Å². The maximum Gasteiger partial charge on any atom is 0.273 e. The third-order valence-corrected chi connectivity index (χ3v) is 4.35. The van der Waals surface area contributed by atoms with Crippen LogP contribution in [-0.2, 0) is 0 Å². The Morgan fingerprint density at radius 3 is 2.61 bits per heavy atom. The average Bonchev–Trinajstić information content (AvgIpc) is 2.92. The summed E-state index contributed by atoms with van der Waals surface area (Å²) in [5.41, 5.74) is 1.89. The second kappa shape index (κ2) is 6.34. The first-order valence-corrected chi connectivity index (χ1v) is 7.73. The summed E-state index contributed by atoms with van der Waals surface area (Å²) in [6.45, 7) is 0. The van der Waals surface area contributed by atoms with Crippen LogP contribution in [0.15, 0.2) is 46.9 Å². The predicted octanol–water partition coefficient (Wildman–Crippen LogP) is 4.20. The van der Waals surface area contributed by atoms with Crippen LogP contribution in [-0.4, -0.2) is 25.1 Å². The van der Waals surface area contributed by atoms with E-state index in [-0.39, 0.29) is 5.91 Å². The van der Waals surface area contributed by atoms with Gasteiger partial charge >= 0.3 is 0 Å². The number of ether oxygens (including phenoxy) is 2. The van der Waals surface area contributed by atoms with Gasteiger partial charge in [-0.1, -0.05) is 18.2 Å². The molecule has 1 amide bonds. The molecule has 23 heavy (non-hydrogen) atoms. The molecule has 0 saturated heterocycles. The zero-order valence-electron chi connectivity index (χ0n) is 12.6. The minimum absolute atomic E-state index is 0.264. The highest BCUT2D eigenvalue weighted by Gasteiger charge is 2.17. The molecule has 0 spiro atoms. The van der Waals surface area contributed by atoms with Gasteiger partial charge in [0.05, 0.1) is 24.4 Å². The lowest BCUT2D eigenvalue weighted by Gasteiger charge is -2.11. The quantitative estimate of drug-likeness (QED) is 0.719. The molecule has 0 aliphatic carbocycles. The Bertz CT molecular complexity index is 873. The van der Waals surface area contributed by atoms with Crippen LogP contribution in [0.4, 0.5) is 5.69 Å². The number of carbonyl (C=O) groups excluding carboxylic acids is 1. The summed E-state index contributed by atoms with van der Waals surface area (Å²) in [6.07, 6.45) is 0. The first-order chi connectivity index (χ1) is 11.1. The molecule has 3 rings (SSSR count). The molecule has 0 unspecified atom stereocenters. The van der Waals surface area contributed by atoms with Crippen molar-refractivity contribution in [3.63, 3.8) is 0 Å². The number of aromatic amines is 1. The van der Waals surface area contributed by atoms with Gasteiger partial charge in [0.25, 0.3) is 5.91 Å². The molecule has 1 heterocycles. The van der Waals surface area contributed by atoms with Crippen molar-refractivity contribution in [2.45, 2.75) is 0 Å². The van der Waals surface area contributed by atoms with Crippen LogP contribution >= 0.6 is 15.9 Å². The van der Waals surface area contributed by atoms with Crippen LogP contribution in [0.5, 0.6) is 11.5 Å². The standard InChI is InChI=1S/C17H15BrN2O3/c1-22-10-7-8-14(23-2)13(9-10)20-17(21)16-15(18)11-5-3-4-6-12(11)19-16/h3-9,19H,1-2H3,(H,20,21). The van der Waals surface area contributed by atoms with Crippen LogP contribution in [0, 0.1) is 0 Å². The van der Waals surface area contributed by atoms with E-state index in [0.717, 1.165) is 15.4 Å². The zero-order valence-corrected chi connectivity index (χ0v) is 14.2. The Kier molecular flexibility index (Phi) is 4.25. The lowest BCUT2D eigenvalue weighted by molar-refractivity contribution is 0.102. The normalized spacial score (nSPS) is 10.6. The number of hydrogen-bond acceptors (Lipinski definition) is 3. The number of anilines is 1. The maximum atomic E-state index is 12.6. The lowest BCUT2D eigenvalue weighted by Crippen LogP contribution is -2.13. The van der Waals surface area contributed by atoms with E-state index in [1.807, 2.05) is 24.3 Å². The Morgan fingerprint density at radius 2 is 1.91 bits per heavy atom. The smallest absolute Gasteiger partial charge is 0.273 e. The monoisotopic (exact) mass is 374 g/mol. The summed E-state index contributed by atoms with van der Waals surface area (Å²) >= 11 is 3.48. The van der Waals surface area contributed by atoms with Crippen LogP contribution in [0.2, 0.25) is 0 Å². The summed E-state index contributed by atoms with van der Waals surface area (Å²) in [6, 6.07) is 12.9. The van der Waals surface area contributed by atoms with Crippen LogP contribution in [0.3, 0.4) is 0 Å². The third kappa shape index (κ3) is 2.90. The van der Waals surface area contributed by atoms with Gasteiger partial charge in [0.15, 0.2) is 0 Å². The fraction of sp³-hybridized carbons (Fsp3) is 0.118. The second-order valence-electron chi connectivity index (χ2n) is 4.88. The number of benzene rings is 2. The number of methoxy groups -OCH3 is 2. The Hall–Kier alpha value is -2.47. The molecule has 118 valence electrons. The number of rotatable bonds is 4. The minimum atomic E-state index is -0.264. The van der Waals surface area contributed by atoms with E-state index in [1.165, 1.54) is 0 Å². The van der Waals surface area contributed by atoms with E-state index in [9.17, 15) is 4.79 Å². The molecule has 0 bridgehead atoms. The number of halogens is 1. The van der Waals surface area contributed by atoms with Crippen molar-refractivity contribution in [1.29, 1.82) is 0 Å². The predicted molar refractivity (Wildman–Crippen MR) is 93.5 cm³/mol. The molecule has 1 aromatic heterocycles. The van der Waals surface area contributed by atoms with E-state index in [2.05, 4.69) is 26.2 Å². The van der Waals surface area contributed by atoms with Crippen molar-refractivity contribution in [2.24, 2.45) is 0 Å². The summed E-state index contributed by atoms with van der Waals surface area (Å²) in [4.78, 5) is 15.7. The van der Waals surface area contributed by atoms with Gasteiger partial charge in [-0.15, -0.1) is 0 Å². The fourth-order valence-corrected chi connectivity index (χ4v) is 2.99. The topological polar surface area (TPSA) is 63.4 Å². The minimum Gasteiger partial charge on any atom is -0.497 e. The highest BCUT2D eigenvalue weighted by Crippen LogP contribution is 2.31. The summed E-state index contributed by atoms with van der Waals surface area (Å²) in [5.74, 6) is 0.933. The van der Waals surface area contributed by atoms with Gasteiger partial charge in [0.1, 0.15) is 17.2 Å². The lowest BCUT2D eigenvalue weighted by atomic mass is 10.2. The molecule has 5 nitrogen and oxygen atoms in total. The molecule has 2 N–H and O–H groups in total. The highest BCUT2D eigenvalue weighted by atomic mass is 79.9. The summed E-state index contributed by atoms with van der Waals surface area (Å²) in [5, 5.41) is 3.80. The van der Waals surface area contributed by atoms with Crippen molar-refractivity contribution in [3.05, 3.63) is 52.6 Å². The summed E-state index contributed by atoms with van der Waals surface area (Å²) < 4.78 is 11.2. The SMILES string of the molecule is COc1ccc(OC)c(NC(=O)c2[nH]c3ccccc3c2Br)c1. The van der Waals surface area contributed by atoms with Crippen LogP contribution in [0.25, 0.3) is 10.9 Å². The van der Waals surface area contributed by atoms with Gasteiger partial charge in [-0.05, 0) is 34.1 Å². The zero-order chi connectivity index (χ0) is 16.4. The molecular formula is C17H15BrN2O3. The van der Waals surface area contributed by atoms with Crippen LogP contribution < -0.4 is 14.8 Å². The van der Waals surface area contributed by atoms with Gasteiger partial charge in [-0.3, -0.25) is 4.79 Å². The van der Waals surface area contributed by atoms with E-state index in [0.29, 0.717) is 22.9 Å². The molecule has 0 aliphatic rings. The molecule has 2 aromatic carbocycles. The Labute approximate surface area is 141 Å². The van der Waals surface area contributed by atoms with E-state index in [1.54, 1.807) is 32.4 Å². The molecule has 0 fully saturated rings. The molecular weight excluding hydrogens is 360 g/mol. The maximum absolute atomic E-state index is 12.6. The number of fused-ring (bicyclic) bond motifs is 1. The number of nitrogens with one attached hydrogen (secondary N) is 2. The fourth-order valence-electron chi connectivity index (χ4n) is 2.36. The Balaban J connectivity index is 1.96. The molecule has 0 atom stereocenters. The van der Waals surface area contributed by atoms with Crippen molar-refractivity contribution < 1.29 is 14.3 Å². The van der Waals surface area contributed by atoms with Crippen molar-refractivity contribution in [2.75, 3.05) is 19.5 Å². The number of H-pyrrole nitrogens is 1. The largest absolute Gasteiger partial charge is 0.497 e. The van der Waals surface area contributed by atoms with E-state index in [4.69, 9.17) is 9.47 Å². The van der Waals surface area contributed by atoms with Crippen LogP contribution in [0.1, 0.15) is 10.5 Å². The van der Waals surface area contributed by atoms with Crippen molar-refractivity contribution >= 4 is 38.4 Å². The average molecular weight is 375 g/mol. The number of amides is 1. The van der Waals surface area contributed by atoms with Crippen molar-refractivity contribution in [3.8, 4) is 11.5 Å². The Morgan fingerprint density at radius 1 is 1.13 bits per heavy atom. The van der Waals surface area contributed by atoms with Gasteiger partial charge in [-0.25, -0.2) is 0 Å². The molecule has 6 heteroatoms. The number of carbonyl (C=O) groups is 1. The number of aromatic nitrogens is 1.